The summed E-state index contributed by atoms with van der Waals surface area (Å²) in [6.07, 6.45) is 2.07. The van der Waals surface area contributed by atoms with Crippen molar-refractivity contribution >= 4 is 0 Å². The Balaban J connectivity index is 2.56. The van der Waals surface area contributed by atoms with Crippen molar-refractivity contribution in [2.75, 3.05) is 13.7 Å². The average Bonchev–Trinajstić information content (AvgIpc) is 2.27. The van der Waals surface area contributed by atoms with Crippen molar-refractivity contribution in [3.8, 4) is 5.75 Å². The van der Waals surface area contributed by atoms with E-state index in [0.29, 0.717) is 24.8 Å². The van der Waals surface area contributed by atoms with Crippen LogP contribution in [-0.4, -0.2) is 13.7 Å². The fraction of sp³-hybridized carbons (Fsp3) is 0.571. The maximum Gasteiger partial charge on any atom is 0.165 e. The summed E-state index contributed by atoms with van der Waals surface area (Å²) >= 11 is 0. The van der Waals surface area contributed by atoms with Crippen LogP contribution in [0.15, 0.2) is 18.2 Å². The van der Waals surface area contributed by atoms with Gasteiger partial charge in [-0.05, 0) is 31.9 Å². The van der Waals surface area contributed by atoms with Crippen LogP contribution in [0.25, 0.3) is 0 Å². The van der Waals surface area contributed by atoms with Crippen LogP contribution in [0.5, 0.6) is 5.75 Å². The number of halogens is 1. The Bertz CT molecular complexity index is 339. The molecule has 0 aromatic heterocycles. The molecule has 96 valence electrons. The third-order valence-electron chi connectivity index (χ3n) is 2.59. The van der Waals surface area contributed by atoms with Gasteiger partial charge in [-0.1, -0.05) is 26.0 Å². The molecule has 0 radical (unpaired) electrons. The van der Waals surface area contributed by atoms with Gasteiger partial charge in [0.25, 0.3) is 0 Å². The summed E-state index contributed by atoms with van der Waals surface area (Å²) in [6.45, 7) is 5.55. The molecule has 0 fully saturated rings. The standard InChI is InChI=1S/C14H22FNO/c1-11(2)6-5-9-17-14-12(10-16-3)7-4-8-13(14)15/h4,7-8,11,16H,5-6,9-10H2,1-3H3. The van der Waals surface area contributed by atoms with Gasteiger partial charge in [-0.2, -0.15) is 0 Å². The monoisotopic (exact) mass is 239 g/mol. The van der Waals surface area contributed by atoms with Gasteiger partial charge in [-0.25, -0.2) is 4.39 Å². The average molecular weight is 239 g/mol. The predicted octanol–water partition coefficient (Wildman–Crippen LogP) is 3.36. The summed E-state index contributed by atoms with van der Waals surface area (Å²) in [5.74, 6) is 0.781. The van der Waals surface area contributed by atoms with Crippen LogP contribution < -0.4 is 10.1 Å². The minimum absolute atomic E-state index is 0.276. The summed E-state index contributed by atoms with van der Waals surface area (Å²) < 4.78 is 19.2. The quantitative estimate of drug-likeness (QED) is 0.737. The molecule has 0 aliphatic carbocycles. The van der Waals surface area contributed by atoms with Crippen molar-refractivity contribution in [1.82, 2.24) is 5.32 Å². The molecule has 0 aliphatic rings. The minimum atomic E-state index is -0.276. The Kier molecular flexibility index (Phi) is 5.98. The third-order valence-corrected chi connectivity index (χ3v) is 2.59. The largest absolute Gasteiger partial charge is 0.490 e. The zero-order valence-electron chi connectivity index (χ0n) is 10.9. The Morgan fingerprint density at radius 3 is 2.76 bits per heavy atom. The summed E-state index contributed by atoms with van der Waals surface area (Å²) in [7, 11) is 1.84. The highest BCUT2D eigenvalue weighted by atomic mass is 19.1. The topological polar surface area (TPSA) is 21.3 Å². The Morgan fingerprint density at radius 1 is 1.35 bits per heavy atom. The van der Waals surface area contributed by atoms with E-state index in [-0.39, 0.29) is 5.82 Å². The first-order valence-corrected chi connectivity index (χ1v) is 6.20. The molecule has 2 nitrogen and oxygen atoms in total. The first kappa shape index (κ1) is 14.0. The number of rotatable bonds is 7. The first-order chi connectivity index (χ1) is 8.15. The number of benzene rings is 1. The van der Waals surface area contributed by atoms with Crippen LogP contribution >= 0.6 is 0 Å². The summed E-state index contributed by atoms with van der Waals surface area (Å²) in [4.78, 5) is 0. The second kappa shape index (κ2) is 7.28. The van der Waals surface area contributed by atoms with Gasteiger partial charge in [0.2, 0.25) is 0 Å². The van der Waals surface area contributed by atoms with Crippen LogP contribution in [0, 0.1) is 11.7 Å². The number of hydrogen-bond donors (Lipinski definition) is 1. The van der Waals surface area contributed by atoms with Gasteiger partial charge in [0.05, 0.1) is 6.61 Å². The summed E-state index contributed by atoms with van der Waals surface area (Å²) in [5.41, 5.74) is 0.872. The van der Waals surface area contributed by atoms with Gasteiger partial charge in [0, 0.05) is 12.1 Å². The molecule has 0 heterocycles. The van der Waals surface area contributed by atoms with Gasteiger partial charge in [-0.3, -0.25) is 0 Å². The normalized spacial score (nSPS) is 10.9. The maximum absolute atomic E-state index is 13.6. The van der Waals surface area contributed by atoms with Gasteiger partial charge in [-0.15, -0.1) is 0 Å². The predicted molar refractivity (Wildman–Crippen MR) is 68.7 cm³/mol. The molecule has 1 rings (SSSR count). The molecule has 0 aliphatic heterocycles. The Labute approximate surface area is 103 Å². The van der Waals surface area contributed by atoms with Gasteiger partial charge in [0.15, 0.2) is 11.6 Å². The fourth-order valence-electron chi connectivity index (χ4n) is 1.71. The Morgan fingerprint density at radius 2 is 2.12 bits per heavy atom. The third kappa shape index (κ3) is 4.73. The lowest BCUT2D eigenvalue weighted by Gasteiger charge is -2.12. The van der Waals surface area contributed by atoms with E-state index in [1.165, 1.54) is 6.07 Å². The Hall–Kier alpha value is -1.09. The van der Waals surface area contributed by atoms with Crippen molar-refractivity contribution in [2.45, 2.75) is 33.2 Å². The maximum atomic E-state index is 13.6. The van der Waals surface area contributed by atoms with E-state index in [4.69, 9.17) is 4.74 Å². The van der Waals surface area contributed by atoms with Gasteiger partial charge >= 0.3 is 0 Å². The molecule has 0 amide bonds. The molecule has 0 spiro atoms. The van der Waals surface area contributed by atoms with Crippen molar-refractivity contribution in [3.63, 3.8) is 0 Å². The van der Waals surface area contributed by atoms with E-state index in [1.807, 2.05) is 13.1 Å². The van der Waals surface area contributed by atoms with Crippen molar-refractivity contribution < 1.29 is 9.13 Å². The summed E-state index contributed by atoms with van der Waals surface area (Å²) in [6, 6.07) is 5.04. The molecule has 1 aromatic carbocycles. The highest BCUT2D eigenvalue weighted by Gasteiger charge is 2.08. The zero-order valence-corrected chi connectivity index (χ0v) is 10.9. The molecular weight excluding hydrogens is 217 g/mol. The summed E-state index contributed by atoms with van der Waals surface area (Å²) in [5, 5.41) is 3.01. The van der Waals surface area contributed by atoms with Crippen molar-refractivity contribution in [1.29, 1.82) is 0 Å². The molecule has 1 aromatic rings. The molecule has 0 unspecified atom stereocenters. The minimum Gasteiger partial charge on any atom is -0.490 e. The van der Waals surface area contributed by atoms with E-state index in [9.17, 15) is 4.39 Å². The van der Waals surface area contributed by atoms with Crippen LogP contribution in [0.1, 0.15) is 32.3 Å². The van der Waals surface area contributed by atoms with Crippen LogP contribution in [-0.2, 0) is 6.54 Å². The second-order valence-electron chi connectivity index (χ2n) is 4.64. The zero-order chi connectivity index (χ0) is 12.7. The van der Waals surface area contributed by atoms with Crippen LogP contribution in [0.2, 0.25) is 0 Å². The highest BCUT2D eigenvalue weighted by molar-refractivity contribution is 5.34. The van der Waals surface area contributed by atoms with Crippen LogP contribution in [0.4, 0.5) is 4.39 Å². The second-order valence-corrected chi connectivity index (χ2v) is 4.64. The number of nitrogens with one attached hydrogen (secondary N) is 1. The van der Waals surface area contributed by atoms with E-state index in [2.05, 4.69) is 19.2 Å². The van der Waals surface area contributed by atoms with Gasteiger partial charge in [0.1, 0.15) is 0 Å². The van der Waals surface area contributed by atoms with Gasteiger partial charge < -0.3 is 10.1 Å². The van der Waals surface area contributed by atoms with E-state index >= 15 is 0 Å². The lowest BCUT2D eigenvalue weighted by atomic mass is 10.1. The van der Waals surface area contributed by atoms with E-state index in [1.54, 1.807) is 6.07 Å². The first-order valence-electron chi connectivity index (χ1n) is 6.20. The van der Waals surface area contributed by atoms with E-state index < -0.39 is 0 Å². The lowest BCUT2D eigenvalue weighted by Crippen LogP contribution is -2.09. The molecule has 1 N–H and O–H groups in total. The molecule has 0 saturated carbocycles. The van der Waals surface area contributed by atoms with Crippen LogP contribution in [0.3, 0.4) is 0 Å². The number of ether oxygens (including phenoxy) is 1. The number of para-hydroxylation sites is 1. The van der Waals surface area contributed by atoms with Crippen molar-refractivity contribution in [3.05, 3.63) is 29.6 Å². The smallest absolute Gasteiger partial charge is 0.165 e. The molecule has 0 bridgehead atoms. The highest BCUT2D eigenvalue weighted by Crippen LogP contribution is 2.23. The molecule has 0 atom stereocenters. The van der Waals surface area contributed by atoms with Crippen molar-refractivity contribution in [2.24, 2.45) is 5.92 Å². The molecule has 17 heavy (non-hydrogen) atoms. The molecule has 0 saturated heterocycles. The fourth-order valence-corrected chi connectivity index (χ4v) is 1.71. The molecule has 3 heteroatoms. The lowest BCUT2D eigenvalue weighted by molar-refractivity contribution is 0.281. The number of hydrogen-bond acceptors (Lipinski definition) is 2. The van der Waals surface area contributed by atoms with E-state index in [0.717, 1.165) is 18.4 Å². The molecular formula is C14H22FNO. The SMILES string of the molecule is CNCc1cccc(F)c1OCCCC(C)C.